The third kappa shape index (κ3) is 2.68. The Morgan fingerprint density at radius 1 is 1.19 bits per heavy atom. The second-order valence-corrected chi connectivity index (χ2v) is 7.55. The Bertz CT molecular complexity index is 1100. The lowest BCUT2D eigenvalue weighted by atomic mass is 10.0. The number of benzene rings is 2. The van der Waals surface area contributed by atoms with Crippen molar-refractivity contribution >= 4 is 49.1 Å². The number of hydrogen-bond donors (Lipinski definition) is 0. The van der Waals surface area contributed by atoms with E-state index in [0.29, 0.717) is 17.1 Å². The van der Waals surface area contributed by atoms with Crippen LogP contribution in [0.3, 0.4) is 0 Å². The van der Waals surface area contributed by atoms with Crippen LogP contribution < -0.4 is 9.47 Å². The second-order valence-electron chi connectivity index (χ2n) is 5.88. The Kier molecular flexibility index (Phi) is 4.43. The highest BCUT2D eigenvalue weighted by Gasteiger charge is 2.22. The van der Waals surface area contributed by atoms with Gasteiger partial charge in [-0.25, -0.2) is 0 Å². The molecule has 0 N–H and O–H groups in total. The minimum absolute atomic E-state index is 0.204. The van der Waals surface area contributed by atoms with E-state index in [1.807, 2.05) is 37.6 Å². The van der Waals surface area contributed by atoms with Crippen LogP contribution in [-0.4, -0.2) is 17.6 Å². The first kappa shape index (κ1) is 17.1. The summed E-state index contributed by atoms with van der Waals surface area (Å²) >= 11 is 5.15. The monoisotopic (exact) mass is 426 g/mol. The van der Waals surface area contributed by atoms with Crippen molar-refractivity contribution in [2.45, 2.75) is 0 Å². The summed E-state index contributed by atoms with van der Waals surface area (Å²) in [7, 11) is 2.02. The van der Waals surface area contributed by atoms with Crippen molar-refractivity contribution in [1.29, 1.82) is 5.26 Å². The molecular weight excluding hydrogens is 412 g/mol. The molecule has 3 aromatic rings. The van der Waals surface area contributed by atoms with Crippen LogP contribution in [0.1, 0.15) is 11.1 Å². The summed E-state index contributed by atoms with van der Waals surface area (Å²) in [6, 6.07) is 14.3. The van der Waals surface area contributed by atoms with Gasteiger partial charge in [0.05, 0.1) is 5.57 Å². The van der Waals surface area contributed by atoms with Crippen molar-refractivity contribution in [3.05, 3.63) is 58.2 Å². The first-order valence-corrected chi connectivity index (χ1v) is 9.98. The van der Waals surface area contributed by atoms with Gasteiger partial charge in [-0.2, -0.15) is 5.26 Å². The average Bonchev–Trinajstić information content (AvgIpc) is 3.23. The Balaban J connectivity index is 1.98. The van der Waals surface area contributed by atoms with Gasteiger partial charge in [-0.05, 0) is 40.4 Å². The maximum atomic E-state index is 9.97. The molecule has 0 amide bonds. The number of aromatic nitrogens is 1. The van der Waals surface area contributed by atoms with Gasteiger partial charge >= 0.3 is 0 Å². The van der Waals surface area contributed by atoms with Crippen molar-refractivity contribution in [3.63, 3.8) is 0 Å². The van der Waals surface area contributed by atoms with Gasteiger partial charge in [0.15, 0.2) is 11.5 Å². The molecule has 0 fully saturated rings. The fourth-order valence-electron chi connectivity index (χ4n) is 3.21. The highest BCUT2D eigenvalue weighted by Crippen LogP contribution is 2.44. The van der Waals surface area contributed by atoms with E-state index in [2.05, 4.69) is 44.9 Å². The topological polar surface area (TPSA) is 47.2 Å². The van der Waals surface area contributed by atoms with Crippen molar-refractivity contribution in [2.24, 2.45) is 7.05 Å². The summed E-state index contributed by atoms with van der Waals surface area (Å²) in [5, 5.41) is 11.1. The minimum Gasteiger partial charge on any atom is -0.454 e. The Hall–Kier alpha value is -2.36. The number of ether oxygens (including phenoxy) is 2. The summed E-state index contributed by atoms with van der Waals surface area (Å²) in [5.74, 6) is 1.35. The van der Waals surface area contributed by atoms with Crippen LogP contribution in [0.2, 0.25) is 0 Å². The highest BCUT2D eigenvalue weighted by atomic mass is 79.9. The number of nitrogens with zero attached hydrogens (tertiary/aromatic N) is 2. The maximum absolute atomic E-state index is 9.97. The standard InChI is InChI=1S/C20H15BrN2O2S/c1-23-10-15(12-5-3-4-6-17(12)23)20(26-2)14(9-22)13-7-18-19(8-16(13)21)25-11-24-18/h3-8,10H,11H2,1-2H3/b20-14-. The molecule has 1 aromatic heterocycles. The van der Waals surface area contributed by atoms with Crippen molar-refractivity contribution in [2.75, 3.05) is 13.0 Å². The molecule has 2 aromatic carbocycles. The summed E-state index contributed by atoms with van der Waals surface area (Å²) in [6.07, 6.45) is 4.07. The number of nitriles is 1. The molecule has 0 atom stereocenters. The first-order chi connectivity index (χ1) is 12.6. The van der Waals surface area contributed by atoms with Gasteiger partial charge in [0.1, 0.15) is 6.07 Å². The lowest BCUT2D eigenvalue weighted by molar-refractivity contribution is 0.174. The van der Waals surface area contributed by atoms with Crippen molar-refractivity contribution in [3.8, 4) is 17.6 Å². The van der Waals surface area contributed by atoms with Gasteiger partial charge < -0.3 is 14.0 Å². The van der Waals surface area contributed by atoms with E-state index in [1.165, 1.54) is 0 Å². The molecule has 0 saturated carbocycles. The molecule has 0 saturated heterocycles. The average molecular weight is 427 g/mol. The van der Waals surface area contributed by atoms with E-state index < -0.39 is 0 Å². The predicted octanol–water partition coefficient (Wildman–Crippen LogP) is 5.42. The highest BCUT2D eigenvalue weighted by molar-refractivity contribution is 9.10. The van der Waals surface area contributed by atoms with Gasteiger partial charge in [0.25, 0.3) is 0 Å². The molecular formula is C20H15BrN2O2S. The van der Waals surface area contributed by atoms with E-state index in [0.717, 1.165) is 31.4 Å². The SMILES string of the molecule is CS/C(=C(/C#N)c1cc2c(cc1Br)OCO2)c1cn(C)c2ccccc12. The zero-order chi connectivity index (χ0) is 18.3. The molecule has 1 aliphatic rings. The zero-order valence-electron chi connectivity index (χ0n) is 14.2. The molecule has 0 unspecified atom stereocenters. The summed E-state index contributed by atoms with van der Waals surface area (Å²) in [5.41, 5.74) is 3.60. The lowest BCUT2D eigenvalue weighted by Crippen LogP contribution is -1.93. The van der Waals surface area contributed by atoms with E-state index in [9.17, 15) is 5.26 Å². The first-order valence-electron chi connectivity index (χ1n) is 7.96. The molecule has 4 nitrogen and oxygen atoms in total. The van der Waals surface area contributed by atoms with Crippen LogP contribution >= 0.6 is 27.7 Å². The van der Waals surface area contributed by atoms with Crippen LogP contribution in [-0.2, 0) is 7.05 Å². The summed E-state index contributed by atoms with van der Waals surface area (Å²) in [4.78, 5) is 0.934. The predicted molar refractivity (Wildman–Crippen MR) is 109 cm³/mol. The minimum atomic E-state index is 0.204. The largest absolute Gasteiger partial charge is 0.454 e. The number of thioether (sulfide) groups is 1. The van der Waals surface area contributed by atoms with Crippen LogP contribution in [0.4, 0.5) is 0 Å². The number of rotatable bonds is 3. The molecule has 1 aliphatic heterocycles. The third-order valence-electron chi connectivity index (χ3n) is 4.42. The molecule has 26 heavy (non-hydrogen) atoms. The van der Waals surface area contributed by atoms with E-state index >= 15 is 0 Å². The van der Waals surface area contributed by atoms with Gasteiger partial charge in [-0.3, -0.25) is 0 Å². The molecule has 4 rings (SSSR count). The molecule has 0 bridgehead atoms. The zero-order valence-corrected chi connectivity index (χ0v) is 16.6. The number of hydrogen-bond acceptors (Lipinski definition) is 4. The van der Waals surface area contributed by atoms with Gasteiger partial charge in [0, 0.05) is 44.7 Å². The summed E-state index contributed by atoms with van der Waals surface area (Å²) in [6.45, 7) is 0.204. The number of aryl methyl sites for hydroxylation is 1. The van der Waals surface area contributed by atoms with Crippen molar-refractivity contribution in [1.82, 2.24) is 4.57 Å². The van der Waals surface area contributed by atoms with Crippen LogP contribution in [0.5, 0.6) is 11.5 Å². The molecule has 0 spiro atoms. The van der Waals surface area contributed by atoms with Gasteiger partial charge in [-0.1, -0.05) is 18.2 Å². The molecule has 0 radical (unpaired) electrons. The number of allylic oxidation sites excluding steroid dienone is 1. The number of halogens is 1. The van der Waals surface area contributed by atoms with Gasteiger partial charge in [0.2, 0.25) is 6.79 Å². The summed E-state index contributed by atoms with van der Waals surface area (Å²) < 4.78 is 13.8. The van der Waals surface area contributed by atoms with Crippen molar-refractivity contribution < 1.29 is 9.47 Å². The molecule has 6 heteroatoms. The lowest BCUT2D eigenvalue weighted by Gasteiger charge is -2.10. The Labute approximate surface area is 164 Å². The van der Waals surface area contributed by atoms with E-state index in [4.69, 9.17) is 9.47 Å². The third-order valence-corrected chi connectivity index (χ3v) is 5.90. The van der Waals surface area contributed by atoms with Crippen LogP contribution in [0.25, 0.3) is 21.4 Å². The number of para-hydroxylation sites is 1. The normalized spacial score (nSPS) is 13.6. The van der Waals surface area contributed by atoms with E-state index in [1.54, 1.807) is 11.8 Å². The second kappa shape index (κ2) is 6.75. The van der Waals surface area contributed by atoms with Crippen LogP contribution in [0.15, 0.2) is 47.1 Å². The van der Waals surface area contributed by atoms with Gasteiger partial charge in [-0.15, -0.1) is 11.8 Å². The smallest absolute Gasteiger partial charge is 0.231 e. The van der Waals surface area contributed by atoms with E-state index in [-0.39, 0.29) is 6.79 Å². The maximum Gasteiger partial charge on any atom is 0.231 e. The Morgan fingerprint density at radius 3 is 2.65 bits per heavy atom. The van der Waals surface area contributed by atoms with Crippen LogP contribution in [0, 0.1) is 11.3 Å². The quantitative estimate of drug-likeness (QED) is 0.524. The number of fused-ring (bicyclic) bond motifs is 2. The Morgan fingerprint density at radius 2 is 1.92 bits per heavy atom. The fourth-order valence-corrected chi connectivity index (χ4v) is 4.47. The molecule has 130 valence electrons. The molecule has 0 aliphatic carbocycles. The fraction of sp³-hybridized carbons (Fsp3) is 0.150. The molecule has 2 heterocycles.